The maximum atomic E-state index is 5.95. The molecule has 1 aliphatic heterocycles. The monoisotopic (exact) mass is 245 g/mol. The van der Waals surface area contributed by atoms with E-state index in [9.17, 15) is 0 Å². The summed E-state index contributed by atoms with van der Waals surface area (Å²) in [7, 11) is 0. The van der Waals surface area contributed by atoms with Gasteiger partial charge in [-0.1, -0.05) is 23.7 Å². The minimum absolute atomic E-state index is 0.730. The Kier molecular flexibility index (Phi) is 2.79. The van der Waals surface area contributed by atoms with E-state index in [4.69, 9.17) is 11.6 Å². The van der Waals surface area contributed by atoms with Gasteiger partial charge in [0.25, 0.3) is 0 Å². The summed E-state index contributed by atoms with van der Waals surface area (Å²) in [6.45, 7) is 1.73. The quantitative estimate of drug-likeness (QED) is 0.883. The van der Waals surface area contributed by atoms with E-state index in [1.807, 2.05) is 30.5 Å². The Labute approximate surface area is 105 Å². The number of fused-ring (bicyclic) bond motifs is 1. The number of benzene rings is 1. The fraction of sp³-hybridized carbons (Fsp3) is 0.231. The van der Waals surface area contributed by atoms with Crippen LogP contribution >= 0.6 is 11.6 Å². The lowest BCUT2D eigenvalue weighted by Gasteiger charge is -2.03. The summed E-state index contributed by atoms with van der Waals surface area (Å²) in [5, 5.41) is 4.02. The molecule has 1 N–H and O–H groups in total. The van der Waals surface area contributed by atoms with Crippen molar-refractivity contribution in [1.82, 2.24) is 15.3 Å². The van der Waals surface area contributed by atoms with Crippen LogP contribution in [-0.2, 0) is 19.5 Å². The maximum absolute atomic E-state index is 5.95. The van der Waals surface area contributed by atoms with Crippen LogP contribution in [0, 0.1) is 0 Å². The molecule has 0 unspecified atom stereocenters. The van der Waals surface area contributed by atoms with Crippen LogP contribution in [0.25, 0.3) is 0 Å². The van der Waals surface area contributed by atoms with Gasteiger partial charge < -0.3 is 5.32 Å². The van der Waals surface area contributed by atoms with Gasteiger partial charge in [-0.3, -0.25) is 0 Å². The summed E-state index contributed by atoms with van der Waals surface area (Å²) in [6, 6.07) is 7.82. The molecule has 0 amide bonds. The van der Waals surface area contributed by atoms with Crippen molar-refractivity contribution in [1.29, 1.82) is 0 Å². The molecular weight excluding hydrogens is 234 g/mol. The lowest BCUT2D eigenvalue weighted by atomic mass is 10.1. The molecule has 3 rings (SSSR count). The topological polar surface area (TPSA) is 37.8 Å². The van der Waals surface area contributed by atoms with E-state index in [1.165, 1.54) is 5.56 Å². The standard InChI is InChI=1S/C13H12ClN3/c14-11-3-1-2-9(4-11)5-13-16-7-10-6-15-8-12(10)17-13/h1-4,7,15H,5-6,8H2. The average molecular weight is 246 g/mol. The fourth-order valence-electron chi connectivity index (χ4n) is 2.01. The minimum atomic E-state index is 0.730. The zero-order valence-electron chi connectivity index (χ0n) is 9.28. The highest BCUT2D eigenvalue weighted by Gasteiger charge is 2.12. The van der Waals surface area contributed by atoms with Crippen LogP contribution in [0.15, 0.2) is 30.5 Å². The first-order valence-corrected chi connectivity index (χ1v) is 5.98. The first-order chi connectivity index (χ1) is 8.31. The molecule has 0 saturated carbocycles. The summed E-state index contributed by atoms with van der Waals surface area (Å²) >= 11 is 5.95. The second-order valence-electron chi connectivity index (χ2n) is 4.17. The summed E-state index contributed by atoms with van der Waals surface area (Å²) < 4.78 is 0. The van der Waals surface area contributed by atoms with Gasteiger partial charge in [0.05, 0.1) is 5.69 Å². The molecule has 0 saturated heterocycles. The third kappa shape index (κ3) is 2.30. The van der Waals surface area contributed by atoms with Crippen molar-refractivity contribution < 1.29 is 0 Å². The van der Waals surface area contributed by atoms with Gasteiger partial charge in [0, 0.05) is 36.3 Å². The summed E-state index contributed by atoms with van der Waals surface area (Å²) in [5.41, 5.74) is 3.47. The van der Waals surface area contributed by atoms with Gasteiger partial charge in [0.2, 0.25) is 0 Å². The van der Waals surface area contributed by atoms with Gasteiger partial charge in [0.15, 0.2) is 0 Å². The average Bonchev–Trinajstić information content (AvgIpc) is 2.76. The Bertz CT molecular complexity index is 554. The molecule has 4 heteroatoms. The van der Waals surface area contributed by atoms with Gasteiger partial charge in [-0.25, -0.2) is 9.97 Å². The molecular formula is C13H12ClN3. The van der Waals surface area contributed by atoms with Crippen LogP contribution in [0.1, 0.15) is 22.6 Å². The molecule has 0 spiro atoms. The van der Waals surface area contributed by atoms with Crippen molar-refractivity contribution in [3.8, 4) is 0 Å². The lowest BCUT2D eigenvalue weighted by Crippen LogP contribution is -2.01. The fourth-order valence-corrected chi connectivity index (χ4v) is 2.23. The van der Waals surface area contributed by atoms with Crippen LogP contribution in [0.3, 0.4) is 0 Å². The number of halogens is 1. The van der Waals surface area contributed by atoms with Crippen LogP contribution in [0.5, 0.6) is 0 Å². The van der Waals surface area contributed by atoms with E-state index in [0.717, 1.165) is 41.6 Å². The molecule has 86 valence electrons. The summed E-state index contributed by atoms with van der Waals surface area (Å²) in [5.74, 6) is 0.856. The molecule has 0 aliphatic carbocycles. The predicted molar refractivity (Wildman–Crippen MR) is 66.8 cm³/mol. The van der Waals surface area contributed by atoms with Gasteiger partial charge in [0.1, 0.15) is 5.82 Å². The number of nitrogens with one attached hydrogen (secondary N) is 1. The third-order valence-corrected chi connectivity index (χ3v) is 3.10. The Morgan fingerprint density at radius 2 is 2.24 bits per heavy atom. The number of hydrogen-bond donors (Lipinski definition) is 1. The molecule has 2 heterocycles. The van der Waals surface area contributed by atoms with Gasteiger partial charge >= 0.3 is 0 Å². The highest BCUT2D eigenvalue weighted by molar-refractivity contribution is 6.30. The Morgan fingerprint density at radius 1 is 1.29 bits per heavy atom. The van der Waals surface area contributed by atoms with E-state index < -0.39 is 0 Å². The largest absolute Gasteiger partial charge is 0.307 e. The normalized spacial score (nSPS) is 13.7. The first kappa shape index (κ1) is 10.7. The molecule has 1 aromatic heterocycles. The van der Waals surface area contributed by atoms with Crippen LogP contribution in [0.4, 0.5) is 0 Å². The summed E-state index contributed by atoms with van der Waals surface area (Å²) in [6.07, 6.45) is 2.65. The maximum Gasteiger partial charge on any atom is 0.132 e. The molecule has 0 radical (unpaired) electrons. The number of aromatic nitrogens is 2. The van der Waals surface area contributed by atoms with Gasteiger partial charge in [-0.15, -0.1) is 0 Å². The zero-order valence-corrected chi connectivity index (χ0v) is 10.0. The molecule has 1 aromatic carbocycles. The minimum Gasteiger partial charge on any atom is -0.307 e. The first-order valence-electron chi connectivity index (χ1n) is 5.60. The van der Waals surface area contributed by atoms with Crippen LogP contribution < -0.4 is 5.32 Å². The van der Waals surface area contributed by atoms with Crippen molar-refractivity contribution in [2.75, 3.05) is 0 Å². The van der Waals surface area contributed by atoms with Crippen molar-refractivity contribution in [3.05, 3.63) is 58.1 Å². The lowest BCUT2D eigenvalue weighted by molar-refractivity contribution is 0.756. The Hall–Kier alpha value is -1.45. The van der Waals surface area contributed by atoms with Gasteiger partial charge in [-0.2, -0.15) is 0 Å². The third-order valence-electron chi connectivity index (χ3n) is 2.86. The zero-order chi connectivity index (χ0) is 11.7. The highest BCUT2D eigenvalue weighted by Crippen LogP contribution is 2.15. The second-order valence-corrected chi connectivity index (χ2v) is 4.60. The number of hydrogen-bond acceptors (Lipinski definition) is 3. The molecule has 0 atom stereocenters. The van der Waals surface area contributed by atoms with Crippen LogP contribution in [-0.4, -0.2) is 9.97 Å². The van der Waals surface area contributed by atoms with Crippen molar-refractivity contribution in [3.63, 3.8) is 0 Å². The Morgan fingerprint density at radius 3 is 3.12 bits per heavy atom. The second kappa shape index (κ2) is 4.43. The number of rotatable bonds is 2. The smallest absolute Gasteiger partial charge is 0.132 e. The van der Waals surface area contributed by atoms with Crippen molar-refractivity contribution >= 4 is 11.6 Å². The van der Waals surface area contributed by atoms with Crippen molar-refractivity contribution in [2.45, 2.75) is 19.5 Å². The van der Waals surface area contributed by atoms with Crippen LogP contribution in [0.2, 0.25) is 5.02 Å². The van der Waals surface area contributed by atoms with E-state index in [1.54, 1.807) is 0 Å². The predicted octanol–water partition coefficient (Wildman–Crippen LogP) is 2.32. The highest BCUT2D eigenvalue weighted by atomic mass is 35.5. The van der Waals surface area contributed by atoms with E-state index in [0.29, 0.717) is 0 Å². The molecule has 0 fully saturated rings. The summed E-state index contributed by atoms with van der Waals surface area (Å²) in [4.78, 5) is 8.94. The van der Waals surface area contributed by atoms with E-state index in [-0.39, 0.29) is 0 Å². The molecule has 17 heavy (non-hydrogen) atoms. The molecule has 1 aliphatic rings. The number of nitrogens with zero attached hydrogens (tertiary/aromatic N) is 2. The van der Waals surface area contributed by atoms with Gasteiger partial charge in [-0.05, 0) is 17.7 Å². The molecule has 2 aromatic rings. The van der Waals surface area contributed by atoms with E-state index >= 15 is 0 Å². The molecule has 0 bridgehead atoms. The van der Waals surface area contributed by atoms with E-state index in [2.05, 4.69) is 15.3 Å². The van der Waals surface area contributed by atoms with Crippen molar-refractivity contribution in [2.24, 2.45) is 0 Å². The Balaban J connectivity index is 1.86. The SMILES string of the molecule is Clc1cccc(Cc2ncc3c(n2)CNC3)c1. The molecule has 3 nitrogen and oxygen atoms in total.